The molecule has 1 aromatic heterocycles. The zero-order valence-electron chi connectivity index (χ0n) is 20.2. The van der Waals surface area contributed by atoms with E-state index in [-0.39, 0.29) is 29.3 Å². The van der Waals surface area contributed by atoms with Crippen molar-refractivity contribution in [1.29, 1.82) is 0 Å². The van der Waals surface area contributed by atoms with E-state index in [2.05, 4.69) is 10.3 Å². The van der Waals surface area contributed by atoms with Crippen molar-refractivity contribution in [3.8, 4) is 0 Å². The molecule has 0 bridgehead atoms. The third kappa shape index (κ3) is 5.83. The molecule has 0 radical (unpaired) electrons. The van der Waals surface area contributed by atoms with Gasteiger partial charge in [0.15, 0.2) is 5.78 Å². The van der Waals surface area contributed by atoms with Crippen molar-refractivity contribution in [2.45, 2.75) is 58.0 Å². The van der Waals surface area contributed by atoms with E-state index >= 15 is 0 Å². The number of carbonyl (C=O) groups is 3. The summed E-state index contributed by atoms with van der Waals surface area (Å²) in [7, 11) is 0. The summed E-state index contributed by atoms with van der Waals surface area (Å²) in [6, 6.07) is 18.8. The molecule has 6 nitrogen and oxygen atoms in total. The second kappa shape index (κ2) is 11.1. The molecule has 1 saturated carbocycles. The number of carbonyl (C=O) groups excluding carboxylic acids is 3. The fourth-order valence-corrected chi connectivity index (χ4v) is 4.55. The van der Waals surface area contributed by atoms with Crippen molar-refractivity contribution in [3.63, 3.8) is 0 Å². The lowest BCUT2D eigenvalue weighted by molar-refractivity contribution is -0.123. The van der Waals surface area contributed by atoms with Crippen molar-refractivity contribution in [2.75, 3.05) is 4.90 Å². The summed E-state index contributed by atoms with van der Waals surface area (Å²) in [5.74, 6) is -0.671. The largest absolute Gasteiger partial charge is 0.351 e. The summed E-state index contributed by atoms with van der Waals surface area (Å²) in [5, 5.41) is 3.21. The number of Topliss-reactive ketones (excluding diaryl/α,β-unsaturated/α-hetero) is 1. The summed E-state index contributed by atoms with van der Waals surface area (Å²) in [4.78, 5) is 45.3. The van der Waals surface area contributed by atoms with Gasteiger partial charge in [-0.15, -0.1) is 0 Å². The predicted octanol–water partition coefficient (Wildman–Crippen LogP) is 5.43. The number of rotatable bonds is 7. The number of amides is 2. The molecule has 4 rings (SSSR count). The Morgan fingerprint density at radius 1 is 0.914 bits per heavy atom. The number of ketones is 1. The highest BCUT2D eigenvalue weighted by atomic mass is 16.2. The molecule has 1 heterocycles. The number of hydrogen-bond acceptors (Lipinski definition) is 4. The maximum Gasteiger partial charge on any atom is 0.277 e. The van der Waals surface area contributed by atoms with Crippen molar-refractivity contribution < 1.29 is 14.4 Å². The molecule has 0 aliphatic heterocycles. The average molecular weight is 470 g/mol. The first-order valence-electron chi connectivity index (χ1n) is 12.2. The van der Waals surface area contributed by atoms with Crippen molar-refractivity contribution in [2.24, 2.45) is 0 Å². The van der Waals surface area contributed by atoms with E-state index in [1.54, 1.807) is 48.7 Å². The molecule has 6 heteroatoms. The standard InChI is InChI=1S/C29H31N3O3/c1-20-11-13-23(14-12-20)27(28(34)31-24-8-4-3-5-9-24)32(29(35)26-10-6-7-19-30-26)25-17-15-22(16-18-25)21(2)33/h6-7,10-19,24,27H,3-5,8-9H2,1-2H3,(H,31,34)/t27-/m1/s1. The van der Waals surface area contributed by atoms with Crippen LogP contribution in [-0.4, -0.2) is 28.6 Å². The first-order chi connectivity index (χ1) is 16.9. The SMILES string of the molecule is CC(=O)c1ccc(N(C(=O)c2ccccn2)[C@@H](C(=O)NC2CCCCC2)c2ccc(C)cc2)cc1. The normalized spacial score (nSPS) is 14.7. The molecule has 2 amide bonds. The summed E-state index contributed by atoms with van der Waals surface area (Å²) in [6.07, 6.45) is 6.79. The second-order valence-corrected chi connectivity index (χ2v) is 9.15. The van der Waals surface area contributed by atoms with Crippen molar-refractivity contribution in [1.82, 2.24) is 10.3 Å². The fraction of sp³-hybridized carbons (Fsp3) is 0.310. The van der Waals surface area contributed by atoms with Gasteiger partial charge in [0.1, 0.15) is 11.7 Å². The molecule has 1 fully saturated rings. The van der Waals surface area contributed by atoms with E-state index in [0.717, 1.165) is 31.2 Å². The highest BCUT2D eigenvalue weighted by Gasteiger charge is 2.35. The van der Waals surface area contributed by atoms with Gasteiger partial charge in [-0.25, -0.2) is 0 Å². The number of nitrogens with zero attached hydrogens (tertiary/aromatic N) is 2. The number of aryl methyl sites for hydroxylation is 1. The van der Waals surface area contributed by atoms with Crippen LogP contribution < -0.4 is 10.2 Å². The van der Waals surface area contributed by atoms with Gasteiger partial charge in [-0.05, 0) is 68.7 Å². The quantitative estimate of drug-likeness (QED) is 0.468. The van der Waals surface area contributed by atoms with E-state index in [4.69, 9.17) is 0 Å². The lowest BCUT2D eigenvalue weighted by atomic mass is 9.94. The van der Waals surface area contributed by atoms with Crippen LogP contribution in [0.15, 0.2) is 72.9 Å². The lowest BCUT2D eigenvalue weighted by Gasteiger charge is -2.33. The van der Waals surface area contributed by atoms with E-state index < -0.39 is 6.04 Å². The number of pyridine rings is 1. The van der Waals surface area contributed by atoms with Gasteiger partial charge in [-0.2, -0.15) is 0 Å². The Hall–Kier alpha value is -3.80. The summed E-state index contributed by atoms with van der Waals surface area (Å²) >= 11 is 0. The Kier molecular flexibility index (Phi) is 7.70. The minimum Gasteiger partial charge on any atom is -0.351 e. The third-order valence-corrected chi connectivity index (χ3v) is 6.51. The zero-order valence-corrected chi connectivity index (χ0v) is 20.2. The van der Waals surface area contributed by atoms with Crippen LogP contribution in [0, 0.1) is 6.92 Å². The van der Waals surface area contributed by atoms with Gasteiger partial charge in [0.25, 0.3) is 5.91 Å². The zero-order chi connectivity index (χ0) is 24.8. The van der Waals surface area contributed by atoms with Crippen LogP contribution >= 0.6 is 0 Å². The first kappa shape index (κ1) is 24.3. The van der Waals surface area contributed by atoms with Crippen molar-refractivity contribution in [3.05, 3.63) is 95.3 Å². The van der Waals surface area contributed by atoms with Crippen LogP contribution in [0.5, 0.6) is 0 Å². The maximum atomic E-state index is 13.9. The maximum absolute atomic E-state index is 13.9. The average Bonchev–Trinajstić information content (AvgIpc) is 2.88. The molecule has 1 aliphatic rings. The van der Waals surface area contributed by atoms with Crippen LogP contribution in [0.3, 0.4) is 0 Å². The smallest absolute Gasteiger partial charge is 0.277 e. The summed E-state index contributed by atoms with van der Waals surface area (Å²) < 4.78 is 0. The molecule has 2 aromatic carbocycles. The Balaban J connectivity index is 1.80. The Morgan fingerprint density at radius 3 is 2.20 bits per heavy atom. The summed E-state index contributed by atoms with van der Waals surface area (Å²) in [5.41, 5.74) is 3.08. The Morgan fingerprint density at radius 2 is 1.60 bits per heavy atom. The van der Waals surface area contributed by atoms with Gasteiger partial charge in [0.2, 0.25) is 5.91 Å². The van der Waals surface area contributed by atoms with E-state index in [0.29, 0.717) is 16.8 Å². The van der Waals surface area contributed by atoms with Crippen molar-refractivity contribution >= 4 is 23.3 Å². The third-order valence-electron chi connectivity index (χ3n) is 6.51. The molecular formula is C29H31N3O3. The molecule has 180 valence electrons. The topological polar surface area (TPSA) is 79.4 Å². The number of anilines is 1. The van der Waals surface area contributed by atoms with E-state index in [1.807, 2.05) is 31.2 Å². The monoisotopic (exact) mass is 469 g/mol. The molecule has 0 saturated heterocycles. The number of benzene rings is 2. The molecule has 3 aromatic rings. The Bertz CT molecular complexity index is 1170. The van der Waals surface area contributed by atoms with Gasteiger partial charge < -0.3 is 5.32 Å². The molecule has 35 heavy (non-hydrogen) atoms. The van der Waals surface area contributed by atoms with Crippen LogP contribution in [0.1, 0.15) is 77.0 Å². The predicted molar refractivity (Wildman–Crippen MR) is 136 cm³/mol. The van der Waals surface area contributed by atoms with Gasteiger partial charge in [0, 0.05) is 23.5 Å². The molecule has 0 unspecified atom stereocenters. The highest BCUT2D eigenvalue weighted by Crippen LogP contribution is 2.31. The fourth-order valence-electron chi connectivity index (χ4n) is 4.55. The number of aromatic nitrogens is 1. The van der Waals surface area contributed by atoms with Crippen LogP contribution in [-0.2, 0) is 4.79 Å². The Labute approximate surface area is 206 Å². The number of hydrogen-bond donors (Lipinski definition) is 1. The first-order valence-corrected chi connectivity index (χ1v) is 12.2. The second-order valence-electron chi connectivity index (χ2n) is 9.15. The molecule has 1 atom stereocenters. The molecule has 0 spiro atoms. The highest BCUT2D eigenvalue weighted by molar-refractivity contribution is 6.09. The van der Waals surface area contributed by atoms with Crippen LogP contribution in [0.25, 0.3) is 0 Å². The summed E-state index contributed by atoms with van der Waals surface area (Å²) in [6.45, 7) is 3.48. The van der Waals surface area contributed by atoms with E-state index in [1.165, 1.54) is 18.2 Å². The molecular weight excluding hydrogens is 438 g/mol. The minimum atomic E-state index is -0.893. The van der Waals surface area contributed by atoms with Gasteiger partial charge in [-0.1, -0.05) is 55.2 Å². The van der Waals surface area contributed by atoms with Gasteiger partial charge in [0.05, 0.1) is 0 Å². The lowest BCUT2D eigenvalue weighted by Crippen LogP contribution is -2.47. The van der Waals surface area contributed by atoms with Crippen LogP contribution in [0.4, 0.5) is 5.69 Å². The molecule has 1 N–H and O–H groups in total. The minimum absolute atomic E-state index is 0.0655. The number of nitrogens with one attached hydrogen (secondary N) is 1. The van der Waals surface area contributed by atoms with Gasteiger partial charge in [-0.3, -0.25) is 24.3 Å². The van der Waals surface area contributed by atoms with Gasteiger partial charge >= 0.3 is 0 Å². The van der Waals surface area contributed by atoms with E-state index in [9.17, 15) is 14.4 Å². The van der Waals surface area contributed by atoms with Crippen LogP contribution in [0.2, 0.25) is 0 Å². The molecule has 1 aliphatic carbocycles.